The van der Waals surface area contributed by atoms with E-state index in [1.807, 2.05) is 11.5 Å². The van der Waals surface area contributed by atoms with Gasteiger partial charge in [-0.05, 0) is 31.2 Å². The largest absolute Gasteiger partial charge is 0.453 e. The van der Waals surface area contributed by atoms with Crippen LogP contribution in [0.3, 0.4) is 0 Å². The fourth-order valence-electron chi connectivity index (χ4n) is 3.46. The number of aryl methyl sites for hydroxylation is 1. The average molecular weight is 455 g/mol. The van der Waals surface area contributed by atoms with Gasteiger partial charge in [0.05, 0.1) is 21.3 Å². The van der Waals surface area contributed by atoms with Crippen LogP contribution in [0, 0.1) is 0 Å². The van der Waals surface area contributed by atoms with Gasteiger partial charge in [0.25, 0.3) is 5.56 Å². The number of ether oxygens (including phenoxy) is 1. The Morgan fingerprint density at radius 2 is 1.88 bits per heavy atom. The first-order chi connectivity index (χ1) is 15.2. The molecule has 0 amide bonds. The summed E-state index contributed by atoms with van der Waals surface area (Å²) in [6.07, 6.45) is 0. The molecule has 4 rings (SSSR count). The maximum atomic E-state index is 12.7. The third-order valence-corrected chi connectivity index (χ3v) is 6.93. The lowest BCUT2D eigenvalue weighted by Crippen LogP contribution is -2.22. The van der Waals surface area contributed by atoms with Crippen molar-refractivity contribution in [1.82, 2.24) is 24.1 Å². The van der Waals surface area contributed by atoms with Gasteiger partial charge in [0.1, 0.15) is 12.4 Å². The summed E-state index contributed by atoms with van der Waals surface area (Å²) in [5.41, 5.74) is 0.810. The summed E-state index contributed by atoms with van der Waals surface area (Å²) in [7, 11) is -0.679. The second-order valence-corrected chi connectivity index (χ2v) is 9.39. The highest BCUT2D eigenvalue weighted by atomic mass is 32.2. The number of hydrogen-bond donors (Lipinski definition) is 1. The lowest BCUT2D eigenvalue weighted by atomic mass is 10.1. The normalized spacial score (nSPS) is 12.0. The molecular weight excluding hydrogens is 434 g/mol. The Hall–Kier alpha value is -3.57. The Labute approximate surface area is 183 Å². The van der Waals surface area contributed by atoms with Crippen LogP contribution in [0.1, 0.15) is 23.2 Å². The van der Waals surface area contributed by atoms with Gasteiger partial charge in [-0.25, -0.2) is 27.6 Å². The molecule has 1 N–H and O–H groups in total. The molecule has 32 heavy (non-hydrogen) atoms. The molecular formula is C21H21N5O5S. The molecule has 166 valence electrons. The number of rotatable bonds is 6. The zero-order chi connectivity index (χ0) is 23.0. The molecule has 0 atom stereocenters. The molecule has 10 nitrogen and oxygen atoms in total. The van der Waals surface area contributed by atoms with Crippen molar-refractivity contribution in [1.29, 1.82) is 0 Å². The number of carbonyl (C=O) groups is 1. The van der Waals surface area contributed by atoms with Crippen molar-refractivity contribution in [3.63, 3.8) is 0 Å². The van der Waals surface area contributed by atoms with Gasteiger partial charge in [-0.1, -0.05) is 18.2 Å². The Balaban J connectivity index is 1.66. The average Bonchev–Trinajstić information content (AvgIpc) is 3.14. The number of hydrogen-bond acceptors (Lipinski definition) is 7. The standard InChI is InChI=1S/C21H21N5O5S/c1-4-26-17-10-9-13(32(29,30)25(2)3)11-16(17)22-18(26)12-31-21(28)19-14-7-5-6-8-15(14)20(27)24-23-19/h5-11H,4,12H2,1-3H3,(H,24,27). The first kappa shape index (κ1) is 21.7. The molecule has 0 fully saturated rings. The fourth-order valence-corrected chi connectivity index (χ4v) is 4.38. The summed E-state index contributed by atoms with van der Waals surface area (Å²) in [6, 6.07) is 11.3. The minimum Gasteiger partial charge on any atom is -0.453 e. The Morgan fingerprint density at radius 3 is 2.56 bits per heavy atom. The summed E-state index contributed by atoms with van der Waals surface area (Å²) in [6.45, 7) is 2.31. The summed E-state index contributed by atoms with van der Waals surface area (Å²) in [5, 5.41) is 6.89. The number of H-pyrrole nitrogens is 1. The van der Waals surface area contributed by atoms with E-state index in [1.54, 1.807) is 30.3 Å². The zero-order valence-corrected chi connectivity index (χ0v) is 18.5. The number of aromatic amines is 1. The number of benzene rings is 2. The van der Waals surface area contributed by atoms with Crippen LogP contribution in [0.25, 0.3) is 21.8 Å². The molecule has 0 aliphatic heterocycles. The fraction of sp³-hybridized carbons (Fsp3) is 0.238. The summed E-state index contributed by atoms with van der Waals surface area (Å²) < 4.78 is 33.3. The van der Waals surface area contributed by atoms with Gasteiger partial charge in [-0.3, -0.25) is 4.79 Å². The van der Waals surface area contributed by atoms with Crippen LogP contribution >= 0.6 is 0 Å². The van der Waals surface area contributed by atoms with E-state index >= 15 is 0 Å². The molecule has 0 aliphatic rings. The number of imidazole rings is 1. The number of esters is 1. The molecule has 2 aromatic carbocycles. The van der Waals surface area contributed by atoms with Crippen molar-refractivity contribution in [2.24, 2.45) is 0 Å². The van der Waals surface area contributed by atoms with Crippen molar-refractivity contribution in [3.05, 3.63) is 64.3 Å². The van der Waals surface area contributed by atoms with E-state index in [1.165, 1.54) is 26.2 Å². The first-order valence-electron chi connectivity index (χ1n) is 9.80. The van der Waals surface area contributed by atoms with E-state index in [0.29, 0.717) is 28.7 Å². The smallest absolute Gasteiger partial charge is 0.359 e. The number of sulfonamides is 1. The van der Waals surface area contributed by atoms with Crippen LogP contribution in [0.15, 0.2) is 52.2 Å². The van der Waals surface area contributed by atoms with Crippen LogP contribution in [0.5, 0.6) is 0 Å². The monoisotopic (exact) mass is 455 g/mol. The predicted molar refractivity (Wildman–Crippen MR) is 118 cm³/mol. The molecule has 0 aliphatic carbocycles. The van der Waals surface area contributed by atoms with Gasteiger partial charge >= 0.3 is 5.97 Å². The number of nitrogens with one attached hydrogen (secondary N) is 1. The van der Waals surface area contributed by atoms with E-state index in [-0.39, 0.29) is 17.2 Å². The molecule has 0 unspecified atom stereocenters. The predicted octanol–water partition coefficient (Wildman–Crippen LogP) is 1.90. The second-order valence-electron chi connectivity index (χ2n) is 7.23. The second kappa shape index (κ2) is 8.17. The van der Waals surface area contributed by atoms with Gasteiger partial charge in [-0.15, -0.1) is 0 Å². The zero-order valence-electron chi connectivity index (χ0n) is 17.7. The van der Waals surface area contributed by atoms with Gasteiger partial charge in [0, 0.05) is 26.0 Å². The van der Waals surface area contributed by atoms with Crippen LogP contribution in [0.4, 0.5) is 0 Å². The maximum Gasteiger partial charge on any atom is 0.359 e. The molecule has 2 aromatic heterocycles. The molecule has 0 radical (unpaired) electrons. The quantitative estimate of drug-likeness (QED) is 0.440. The van der Waals surface area contributed by atoms with Crippen molar-refractivity contribution in [2.75, 3.05) is 14.1 Å². The summed E-state index contributed by atoms with van der Waals surface area (Å²) >= 11 is 0. The minimum absolute atomic E-state index is 0.00118. The molecule has 2 heterocycles. The molecule has 4 aromatic rings. The molecule has 11 heteroatoms. The van der Waals surface area contributed by atoms with Crippen LogP contribution in [-0.2, 0) is 27.9 Å². The molecule has 0 bridgehead atoms. The number of nitrogens with zero attached hydrogens (tertiary/aromatic N) is 4. The number of carbonyl (C=O) groups excluding carboxylic acids is 1. The van der Waals surface area contributed by atoms with E-state index in [9.17, 15) is 18.0 Å². The maximum absolute atomic E-state index is 12.7. The Kier molecular flexibility index (Phi) is 5.53. The molecule has 0 spiro atoms. The number of aromatic nitrogens is 4. The third kappa shape index (κ3) is 3.65. The summed E-state index contributed by atoms with van der Waals surface area (Å²) in [5.74, 6) is -0.244. The highest BCUT2D eigenvalue weighted by Gasteiger charge is 2.21. The van der Waals surface area contributed by atoms with E-state index in [0.717, 1.165) is 9.82 Å². The van der Waals surface area contributed by atoms with Crippen LogP contribution < -0.4 is 5.56 Å². The first-order valence-corrected chi connectivity index (χ1v) is 11.2. The van der Waals surface area contributed by atoms with Gasteiger partial charge in [0.2, 0.25) is 10.0 Å². The van der Waals surface area contributed by atoms with Crippen molar-refractivity contribution in [2.45, 2.75) is 25.0 Å². The van der Waals surface area contributed by atoms with Crippen molar-refractivity contribution >= 4 is 37.8 Å². The lowest BCUT2D eigenvalue weighted by Gasteiger charge is -2.11. The topological polar surface area (TPSA) is 127 Å². The Bertz CT molecular complexity index is 1500. The lowest BCUT2D eigenvalue weighted by molar-refractivity contribution is 0.0453. The van der Waals surface area contributed by atoms with Crippen molar-refractivity contribution < 1.29 is 17.9 Å². The van der Waals surface area contributed by atoms with E-state index in [2.05, 4.69) is 15.2 Å². The van der Waals surface area contributed by atoms with Crippen LogP contribution in [0.2, 0.25) is 0 Å². The van der Waals surface area contributed by atoms with E-state index < -0.39 is 21.6 Å². The van der Waals surface area contributed by atoms with E-state index in [4.69, 9.17) is 4.74 Å². The third-order valence-electron chi connectivity index (χ3n) is 5.12. The van der Waals surface area contributed by atoms with Gasteiger partial charge in [-0.2, -0.15) is 5.10 Å². The molecule has 0 saturated carbocycles. The van der Waals surface area contributed by atoms with Crippen LogP contribution in [-0.4, -0.2) is 52.5 Å². The van der Waals surface area contributed by atoms with Gasteiger partial charge < -0.3 is 9.30 Å². The molecule has 0 saturated heterocycles. The number of fused-ring (bicyclic) bond motifs is 2. The minimum atomic E-state index is -3.60. The highest BCUT2D eigenvalue weighted by molar-refractivity contribution is 7.89. The summed E-state index contributed by atoms with van der Waals surface area (Å²) in [4.78, 5) is 29.2. The van der Waals surface area contributed by atoms with Crippen molar-refractivity contribution in [3.8, 4) is 0 Å². The SMILES string of the molecule is CCn1c(COC(=O)c2n[nH]c(=O)c3ccccc23)nc2cc(S(=O)(=O)N(C)C)ccc21. The Morgan fingerprint density at radius 1 is 1.16 bits per heavy atom. The highest BCUT2D eigenvalue weighted by Crippen LogP contribution is 2.23. The van der Waals surface area contributed by atoms with Gasteiger partial charge in [0.15, 0.2) is 5.69 Å².